The number of benzene rings is 3. The number of carboxylic acids is 3. The second kappa shape index (κ2) is 12.9. The van der Waals surface area contributed by atoms with Crippen molar-refractivity contribution in [2.45, 2.75) is 38.7 Å². The van der Waals surface area contributed by atoms with Gasteiger partial charge in [-0.05, 0) is 35.2 Å². The first-order valence-electron chi connectivity index (χ1n) is 12.2. The van der Waals surface area contributed by atoms with Crippen LogP contribution < -0.4 is 5.32 Å². The average molecular weight is 557 g/mol. The molecular formula is C29H27F3N2O6. The fraction of sp³-hybridized carbons (Fsp3) is 0.207. The Balaban J connectivity index is 0.000000663. The van der Waals surface area contributed by atoms with E-state index in [1.165, 1.54) is 6.07 Å². The lowest BCUT2D eigenvalue weighted by Gasteiger charge is -2.25. The van der Waals surface area contributed by atoms with E-state index in [-0.39, 0.29) is 13.0 Å². The number of carboxylic acid groups (broad SMARTS) is 3. The first-order valence-corrected chi connectivity index (χ1v) is 12.2. The molecule has 1 heterocycles. The number of nitrogens with one attached hydrogen (secondary N) is 1. The molecule has 1 unspecified atom stereocenters. The molecule has 11 heteroatoms. The number of nitrogens with zero attached hydrogens (tertiary/aromatic N) is 1. The van der Waals surface area contributed by atoms with Crippen LogP contribution in [-0.4, -0.2) is 37.8 Å². The summed E-state index contributed by atoms with van der Waals surface area (Å²) in [7, 11) is 0. The molecule has 4 aromatic rings. The van der Waals surface area contributed by atoms with E-state index in [2.05, 4.69) is 9.88 Å². The summed E-state index contributed by atoms with van der Waals surface area (Å²) < 4.78 is 41.7. The summed E-state index contributed by atoms with van der Waals surface area (Å²) in [6.45, 7) is 2.18. The van der Waals surface area contributed by atoms with Gasteiger partial charge in [0.1, 0.15) is 6.17 Å². The highest BCUT2D eigenvalue weighted by molar-refractivity contribution is 6.27. The van der Waals surface area contributed by atoms with Crippen LogP contribution in [0.2, 0.25) is 0 Å². The highest BCUT2D eigenvalue weighted by Crippen LogP contribution is 2.33. The summed E-state index contributed by atoms with van der Waals surface area (Å²) in [4.78, 5) is 29.8. The second-order valence-electron chi connectivity index (χ2n) is 8.74. The third-order valence-corrected chi connectivity index (χ3v) is 6.10. The van der Waals surface area contributed by atoms with Gasteiger partial charge in [0.05, 0.1) is 17.5 Å². The maximum absolute atomic E-state index is 13.2. The van der Waals surface area contributed by atoms with Gasteiger partial charge < -0.3 is 19.9 Å². The van der Waals surface area contributed by atoms with Gasteiger partial charge in [0.2, 0.25) is 0 Å². The van der Waals surface area contributed by atoms with Crippen LogP contribution in [0.3, 0.4) is 0 Å². The molecule has 1 aromatic heterocycles. The largest absolute Gasteiger partial charge is 0.481 e. The van der Waals surface area contributed by atoms with Crippen LogP contribution in [0.1, 0.15) is 41.0 Å². The number of halogens is 3. The van der Waals surface area contributed by atoms with Gasteiger partial charge >= 0.3 is 24.1 Å². The van der Waals surface area contributed by atoms with Crippen LogP contribution in [0.4, 0.5) is 13.2 Å². The molecule has 8 nitrogen and oxygen atoms in total. The van der Waals surface area contributed by atoms with Crippen molar-refractivity contribution in [1.29, 1.82) is 0 Å². The summed E-state index contributed by atoms with van der Waals surface area (Å²) >= 11 is 0. The standard InChI is InChI=1S/C27H25F3N2O2.C2H2O4/c1-2-23-22(16-25(33)34)21-13-6-7-14-24(21)32(23)26(19-10-4-3-5-11-19)31-17-18-9-8-12-20(15-18)27(28,29)30;3-1(4)2(5)6/h3-15,26,31H,2,16-17H2,1H3,(H,33,34);(H,3,4)(H,5,6). The maximum atomic E-state index is 13.2. The number of para-hydroxylation sites is 1. The molecule has 1 atom stereocenters. The zero-order valence-corrected chi connectivity index (χ0v) is 21.4. The zero-order chi connectivity index (χ0) is 29.4. The Labute approximate surface area is 227 Å². The van der Waals surface area contributed by atoms with E-state index in [9.17, 15) is 23.1 Å². The van der Waals surface area contributed by atoms with E-state index in [0.717, 1.165) is 39.9 Å². The normalized spacial score (nSPS) is 11.9. The van der Waals surface area contributed by atoms with Gasteiger partial charge in [0.15, 0.2) is 0 Å². The molecule has 4 N–H and O–H groups in total. The van der Waals surface area contributed by atoms with Crippen LogP contribution in [0, 0.1) is 0 Å². The van der Waals surface area contributed by atoms with E-state index >= 15 is 0 Å². The van der Waals surface area contributed by atoms with Gasteiger partial charge in [0, 0.05) is 17.6 Å². The molecule has 0 spiro atoms. The van der Waals surface area contributed by atoms with Gasteiger partial charge in [-0.1, -0.05) is 73.7 Å². The second-order valence-corrected chi connectivity index (χ2v) is 8.74. The molecule has 3 aromatic carbocycles. The predicted molar refractivity (Wildman–Crippen MR) is 141 cm³/mol. The average Bonchev–Trinajstić information content (AvgIpc) is 3.22. The predicted octanol–water partition coefficient (Wildman–Crippen LogP) is 5.34. The molecule has 0 aliphatic rings. The molecule has 210 valence electrons. The molecule has 0 aliphatic carbocycles. The number of hydrogen-bond acceptors (Lipinski definition) is 4. The molecule has 0 saturated carbocycles. The summed E-state index contributed by atoms with van der Waals surface area (Å²) in [5, 5.41) is 28.6. The number of aromatic nitrogens is 1. The Bertz CT molecular complexity index is 1490. The molecule has 0 fully saturated rings. The lowest BCUT2D eigenvalue weighted by Crippen LogP contribution is -2.29. The van der Waals surface area contributed by atoms with Crippen molar-refractivity contribution in [3.63, 3.8) is 0 Å². The Morgan fingerprint density at radius 3 is 2.08 bits per heavy atom. The minimum atomic E-state index is -4.41. The molecule has 0 aliphatic heterocycles. The van der Waals surface area contributed by atoms with E-state index in [4.69, 9.17) is 19.8 Å². The van der Waals surface area contributed by atoms with Crippen molar-refractivity contribution < 1.29 is 42.9 Å². The summed E-state index contributed by atoms with van der Waals surface area (Å²) in [5.74, 6) is -4.56. The van der Waals surface area contributed by atoms with Crippen molar-refractivity contribution in [3.8, 4) is 0 Å². The third kappa shape index (κ3) is 7.26. The number of hydrogen-bond donors (Lipinski definition) is 4. The molecular weight excluding hydrogens is 529 g/mol. The summed E-state index contributed by atoms with van der Waals surface area (Å²) in [5.41, 5.74) is 3.26. The van der Waals surface area contributed by atoms with Gasteiger partial charge in [-0.25, -0.2) is 9.59 Å². The van der Waals surface area contributed by atoms with Crippen LogP contribution in [0.5, 0.6) is 0 Å². The first kappa shape index (κ1) is 29.9. The first-order chi connectivity index (χ1) is 18.9. The quantitative estimate of drug-likeness (QED) is 0.216. The lowest BCUT2D eigenvalue weighted by molar-refractivity contribution is -0.159. The van der Waals surface area contributed by atoms with E-state index in [1.54, 1.807) is 6.07 Å². The summed E-state index contributed by atoms with van der Waals surface area (Å²) in [6.07, 6.45) is -4.32. The molecule has 0 saturated heterocycles. The SMILES string of the molecule is CCc1c(CC(=O)O)c2ccccc2n1C(NCc1cccc(C(F)(F)F)c1)c1ccccc1.O=C(O)C(=O)O. The molecule has 0 radical (unpaired) electrons. The van der Waals surface area contributed by atoms with E-state index in [1.807, 2.05) is 61.5 Å². The fourth-order valence-electron chi connectivity index (χ4n) is 4.48. The van der Waals surface area contributed by atoms with Crippen LogP contribution in [0.15, 0.2) is 78.9 Å². The summed E-state index contributed by atoms with van der Waals surface area (Å²) in [6, 6.07) is 22.5. The topological polar surface area (TPSA) is 129 Å². The van der Waals surface area contributed by atoms with Crippen LogP contribution >= 0.6 is 0 Å². The number of aliphatic carboxylic acids is 3. The van der Waals surface area contributed by atoms with Crippen molar-refractivity contribution in [2.24, 2.45) is 0 Å². The van der Waals surface area contributed by atoms with E-state index < -0.39 is 35.8 Å². The Kier molecular flexibility index (Phi) is 9.68. The number of rotatable bonds is 8. The minimum absolute atomic E-state index is 0.105. The molecule has 0 bridgehead atoms. The van der Waals surface area contributed by atoms with Crippen LogP contribution in [0.25, 0.3) is 10.9 Å². The lowest BCUT2D eigenvalue weighted by atomic mass is 10.1. The molecule has 40 heavy (non-hydrogen) atoms. The van der Waals surface area contributed by atoms with Crippen molar-refractivity contribution in [1.82, 2.24) is 9.88 Å². The molecule has 4 rings (SSSR count). The van der Waals surface area contributed by atoms with Crippen LogP contribution in [-0.2, 0) is 39.9 Å². The maximum Gasteiger partial charge on any atom is 0.416 e. The van der Waals surface area contributed by atoms with Gasteiger partial charge in [-0.3, -0.25) is 10.1 Å². The van der Waals surface area contributed by atoms with Crippen molar-refractivity contribution in [3.05, 3.63) is 107 Å². The molecule has 0 amide bonds. The van der Waals surface area contributed by atoms with Crippen molar-refractivity contribution >= 4 is 28.8 Å². The number of fused-ring (bicyclic) bond motifs is 1. The minimum Gasteiger partial charge on any atom is -0.481 e. The fourth-order valence-corrected chi connectivity index (χ4v) is 4.48. The Morgan fingerprint density at radius 1 is 0.875 bits per heavy atom. The van der Waals surface area contributed by atoms with Gasteiger partial charge in [0.25, 0.3) is 0 Å². The monoisotopic (exact) mass is 556 g/mol. The van der Waals surface area contributed by atoms with Gasteiger partial charge in [-0.15, -0.1) is 0 Å². The number of alkyl halides is 3. The highest BCUT2D eigenvalue weighted by atomic mass is 19.4. The van der Waals surface area contributed by atoms with E-state index in [0.29, 0.717) is 12.0 Å². The zero-order valence-electron chi connectivity index (χ0n) is 21.4. The number of carbonyl (C=O) groups is 3. The Hall–Kier alpha value is -4.64. The smallest absolute Gasteiger partial charge is 0.416 e. The third-order valence-electron chi connectivity index (χ3n) is 6.10. The van der Waals surface area contributed by atoms with Crippen molar-refractivity contribution in [2.75, 3.05) is 0 Å². The van der Waals surface area contributed by atoms with Gasteiger partial charge in [-0.2, -0.15) is 13.2 Å². The highest BCUT2D eigenvalue weighted by Gasteiger charge is 2.30. The Morgan fingerprint density at radius 2 is 1.50 bits per heavy atom.